The number of aliphatic hydroxyl groups is 1. The van der Waals surface area contributed by atoms with Crippen LogP contribution >= 0.6 is 0 Å². The number of para-hydroxylation sites is 1. The molecule has 0 aliphatic heterocycles. The van der Waals surface area contributed by atoms with Gasteiger partial charge in [0.2, 0.25) is 0 Å². The number of aliphatic imine (C=N–C) groups is 1. The second kappa shape index (κ2) is 8.48. The molecule has 0 aliphatic rings. The fourth-order valence-electron chi connectivity index (χ4n) is 2.40. The molecular weight excluding hydrogens is 336 g/mol. The molecule has 1 aromatic carbocycles. The molecule has 0 amide bonds. The average Bonchev–Trinajstić information content (AvgIpc) is 3.05. The van der Waals surface area contributed by atoms with Crippen molar-refractivity contribution >= 4 is 11.6 Å². The fourth-order valence-corrected chi connectivity index (χ4v) is 2.40. The van der Waals surface area contributed by atoms with Gasteiger partial charge in [0.15, 0.2) is 5.96 Å². The lowest BCUT2D eigenvalue weighted by Gasteiger charge is -2.22. The molecule has 2 aromatic rings. The largest absolute Gasteiger partial charge is 0.463 e. The monoisotopic (exact) mass is 360 g/mol. The van der Waals surface area contributed by atoms with E-state index in [1.165, 1.54) is 6.07 Å². The molecule has 2 rings (SSSR count). The van der Waals surface area contributed by atoms with E-state index in [0.717, 1.165) is 5.76 Å². The summed E-state index contributed by atoms with van der Waals surface area (Å²) in [7, 11) is 0. The van der Waals surface area contributed by atoms with Crippen LogP contribution in [0.2, 0.25) is 0 Å². The maximum atomic E-state index is 11.1. The lowest BCUT2D eigenvalue weighted by atomic mass is 10.0. The second-order valence-corrected chi connectivity index (χ2v) is 6.12. The molecule has 1 heterocycles. The van der Waals surface area contributed by atoms with Gasteiger partial charge in [-0.05, 0) is 32.9 Å². The Balaban J connectivity index is 2.09. The summed E-state index contributed by atoms with van der Waals surface area (Å²) >= 11 is 0. The highest BCUT2D eigenvalue weighted by Crippen LogP contribution is 2.22. The third-order valence-electron chi connectivity index (χ3n) is 3.81. The zero-order chi connectivity index (χ0) is 19.2. The number of furan rings is 1. The van der Waals surface area contributed by atoms with Crippen LogP contribution in [0.5, 0.6) is 0 Å². The van der Waals surface area contributed by atoms with Gasteiger partial charge in [-0.15, -0.1) is 0 Å². The van der Waals surface area contributed by atoms with E-state index < -0.39 is 10.5 Å². The number of hydrogen-bond donors (Lipinski definition) is 3. The summed E-state index contributed by atoms with van der Waals surface area (Å²) in [4.78, 5) is 15.0. The summed E-state index contributed by atoms with van der Waals surface area (Å²) in [5.74, 6) is 1.63. The van der Waals surface area contributed by atoms with Crippen LogP contribution in [-0.2, 0) is 12.1 Å². The number of nitrogens with one attached hydrogen (secondary N) is 2. The van der Waals surface area contributed by atoms with Crippen molar-refractivity contribution in [3.05, 3.63) is 63.6 Å². The van der Waals surface area contributed by atoms with Crippen molar-refractivity contribution in [3.63, 3.8) is 0 Å². The van der Waals surface area contributed by atoms with Crippen molar-refractivity contribution < 1.29 is 14.4 Å². The fraction of sp³-hybridized carbons (Fsp3) is 0.389. The van der Waals surface area contributed by atoms with Crippen molar-refractivity contribution in [2.75, 3.05) is 13.1 Å². The van der Waals surface area contributed by atoms with E-state index in [9.17, 15) is 15.2 Å². The minimum Gasteiger partial charge on any atom is -0.463 e. The first-order valence-corrected chi connectivity index (χ1v) is 8.37. The number of nitrogens with zero attached hydrogens (tertiary/aromatic N) is 2. The Morgan fingerprint density at radius 2 is 2.04 bits per heavy atom. The summed E-state index contributed by atoms with van der Waals surface area (Å²) in [5, 5.41) is 27.8. The molecule has 0 saturated heterocycles. The van der Waals surface area contributed by atoms with Gasteiger partial charge in [-0.3, -0.25) is 10.1 Å². The van der Waals surface area contributed by atoms with Gasteiger partial charge in [0, 0.05) is 12.6 Å². The van der Waals surface area contributed by atoms with Gasteiger partial charge in [-0.1, -0.05) is 18.2 Å². The van der Waals surface area contributed by atoms with Crippen molar-refractivity contribution in [2.45, 2.75) is 32.9 Å². The van der Waals surface area contributed by atoms with Crippen LogP contribution in [-0.4, -0.2) is 29.1 Å². The van der Waals surface area contributed by atoms with Gasteiger partial charge in [0.1, 0.15) is 17.1 Å². The highest BCUT2D eigenvalue weighted by atomic mass is 16.6. The Bertz CT molecular complexity index is 783. The maximum absolute atomic E-state index is 11.1. The van der Waals surface area contributed by atoms with E-state index in [2.05, 4.69) is 15.6 Å². The first-order valence-electron chi connectivity index (χ1n) is 8.37. The molecule has 0 bridgehead atoms. The Labute approximate surface area is 152 Å². The third-order valence-corrected chi connectivity index (χ3v) is 3.81. The molecular formula is C18H24N4O4. The first kappa shape index (κ1) is 19.5. The van der Waals surface area contributed by atoms with E-state index in [1.54, 1.807) is 37.3 Å². The molecule has 3 N–H and O–H groups in total. The molecule has 0 fully saturated rings. The number of nitro groups is 1. The van der Waals surface area contributed by atoms with E-state index in [0.29, 0.717) is 23.8 Å². The van der Waals surface area contributed by atoms with E-state index in [4.69, 9.17) is 4.42 Å². The van der Waals surface area contributed by atoms with Crippen LogP contribution in [0.25, 0.3) is 0 Å². The van der Waals surface area contributed by atoms with Crippen molar-refractivity contribution in [1.82, 2.24) is 10.6 Å². The van der Waals surface area contributed by atoms with Crippen LogP contribution in [0.4, 0.5) is 5.69 Å². The Morgan fingerprint density at radius 1 is 1.31 bits per heavy atom. The summed E-state index contributed by atoms with van der Waals surface area (Å²) in [6.07, 6.45) is 0. The summed E-state index contributed by atoms with van der Waals surface area (Å²) < 4.78 is 5.49. The normalized spacial score (nSPS) is 13.9. The third kappa shape index (κ3) is 5.06. The number of hydrogen-bond acceptors (Lipinski definition) is 5. The van der Waals surface area contributed by atoms with Gasteiger partial charge in [0.05, 0.1) is 23.6 Å². The van der Waals surface area contributed by atoms with Gasteiger partial charge in [-0.2, -0.15) is 0 Å². The predicted octanol–water partition coefficient (Wildman–Crippen LogP) is 2.46. The molecule has 1 unspecified atom stereocenters. The van der Waals surface area contributed by atoms with Crippen LogP contribution in [0.3, 0.4) is 0 Å². The van der Waals surface area contributed by atoms with Crippen molar-refractivity contribution in [3.8, 4) is 0 Å². The SMILES string of the molecule is CCNC(=NCc1ccccc1[N+](=O)[O-])NCC(C)(O)c1ccc(C)o1. The number of nitro benzene ring substituents is 1. The average molecular weight is 360 g/mol. The zero-order valence-electron chi connectivity index (χ0n) is 15.2. The smallest absolute Gasteiger partial charge is 0.274 e. The summed E-state index contributed by atoms with van der Waals surface area (Å²) in [6, 6.07) is 10.0. The lowest BCUT2D eigenvalue weighted by Crippen LogP contribution is -2.44. The molecule has 0 saturated carbocycles. The van der Waals surface area contributed by atoms with Crippen molar-refractivity contribution in [1.29, 1.82) is 0 Å². The summed E-state index contributed by atoms with van der Waals surface area (Å²) in [6.45, 7) is 6.30. The molecule has 0 spiro atoms. The quantitative estimate of drug-likeness (QED) is 0.303. The van der Waals surface area contributed by atoms with Crippen LogP contribution in [0, 0.1) is 17.0 Å². The van der Waals surface area contributed by atoms with Gasteiger partial charge >= 0.3 is 0 Å². The first-order chi connectivity index (χ1) is 12.3. The lowest BCUT2D eigenvalue weighted by molar-refractivity contribution is -0.385. The maximum Gasteiger partial charge on any atom is 0.274 e. The van der Waals surface area contributed by atoms with E-state index in [-0.39, 0.29) is 18.8 Å². The molecule has 26 heavy (non-hydrogen) atoms. The van der Waals surface area contributed by atoms with Gasteiger partial charge < -0.3 is 20.2 Å². The van der Waals surface area contributed by atoms with E-state index >= 15 is 0 Å². The molecule has 140 valence electrons. The number of aryl methyl sites for hydroxylation is 1. The van der Waals surface area contributed by atoms with Crippen LogP contribution in [0.15, 0.2) is 45.8 Å². The minimum absolute atomic E-state index is 0.0326. The van der Waals surface area contributed by atoms with Crippen LogP contribution < -0.4 is 10.6 Å². The number of rotatable bonds is 7. The molecule has 8 nitrogen and oxygen atoms in total. The molecule has 1 aromatic heterocycles. The Morgan fingerprint density at radius 3 is 2.65 bits per heavy atom. The predicted molar refractivity (Wildman–Crippen MR) is 98.9 cm³/mol. The second-order valence-electron chi connectivity index (χ2n) is 6.12. The number of benzene rings is 1. The molecule has 1 atom stereocenters. The van der Waals surface area contributed by atoms with E-state index in [1.807, 2.05) is 13.8 Å². The van der Waals surface area contributed by atoms with Crippen molar-refractivity contribution in [2.24, 2.45) is 4.99 Å². The standard InChI is InChI=1S/C18H24N4O4/c1-4-19-17(20-11-14-7-5-6-8-15(14)22(24)25)21-12-18(3,23)16-10-9-13(2)26-16/h5-10,23H,4,11-12H2,1-3H3,(H2,19,20,21). The zero-order valence-corrected chi connectivity index (χ0v) is 15.2. The molecule has 0 radical (unpaired) electrons. The highest BCUT2D eigenvalue weighted by Gasteiger charge is 2.27. The Kier molecular flexibility index (Phi) is 6.35. The molecule has 0 aliphatic carbocycles. The number of guanidine groups is 1. The topological polar surface area (TPSA) is 113 Å². The molecule has 8 heteroatoms. The highest BCUT2D eigenvalue weighted by molar-refractivity contribution is 5.79. The summed E-state index contributed by atoms with van der Waals surface area (Å²) in [5.41, 5.74) is -0.670. The minimum atomic E-state index is -1.22. The van der Waals surface area contributed by atoms with Gasteiger partial charge in [-0.25, -0.2) is 4.99 Å². The van der Waals surface area contributed by atoms with Gasteiger partial charge in [0.25, 0.3) is 5.69 Å². The Hall–Kier alpha value is -2.87. The van der Waals surface area contributed by atoms with Crippen LogP contribution in [0.1, 0.15) is 30.9 Å².